The molecule has 1 aliphatic rings. The number of nitrogens with zero attached hydrogens (tertiary/aromatic N) is 2. The molecule has 2 rings (SSSR count). The van der Waals surface area contributed by atoms with Gasteiger partial charge in [-0.2, -0.15) is 4.98 Å². The average molecular weight is 168 g/mol. The highest BCUT2D eigenvalue weighted by Crippen LogP contribution is 2.27. The van der Waals surface area contributed by atoms with Crippen LogP contribution < -0.4 is 0 Å². The molecule has 2 atom stereocenters. The van der Waals surface area contributed by atoms with Gasteiger partial charge in [-0.25, -0.2) is 0 Å². The second kappa shape index (κ2) is 3.23. The molecule has 12 heavy (non-hydrogen) atoms. The Hall–Kier alpha value is -0.900. The molecule has 0 aliphatic carbocycles. The maximum atomic E-state index is 5.55. The molecule has 0 bridgehead atoms. The fourth-order valence-electron chi connectivity index (χ4n) is 1.41. The van der Waals surface area contributed by atoms with Crippen molar-refractivity contribution in [3.05, 3.63) is 12.2 Å². The third-order valence-corrected chi connectivity index (χ3v) is 2.17. The van der Waals surface area contributed by atoms with Crippen molar-refractivity contribution in [2.24, 2.45) is 5.92 Å². The van der Waals surface area contributed by atoms with Crippen molar-refractivity contribution in [3.8, 4) is 0 Å². The molecule has 4 heteroatoms. The van der Waals surface area contributed by atoms with E-state index in [-0.39, 0.29) is 6.10 Å². The van der Waals surface area contributed by atoms with Crippen LogP contribution in [0.4, 0.5) is 0 Å². The summed E-state index contributed by atoms with van der Waals surface area (Å²) < 4.78 is 10.2. The van der Waals surface area contributed by atoms with Gasteiger partial charge in [-0.1, -0.05) is 12.1 Å². The van der Waals surface area contributed by atoms with Crippen molar-refractivity contribution in [1.82, 2.24) is 10.1 Å². The van der Waals surface area contributed by atoms with Crippen molar-refractivity contribution >= 4 is 0 Å². The van der Waals surface area contributed by atoms with Crippen LogP contribution in [0.2, 0.25) is 0 Å². The summed E-state index contributed by atoms with van der Waals surface area (Å²) in [5, 5.41) is 3.75. The van der Waals surface area contributed by atoms with E-state index in [0.717, 1.165) is 13.0 Å². The first-order valence-corrected chi connectivity index (χ1v) is 4.24. The molecule has 4 nitrogen and oxygen atoms in total. The third kappa shape index (κ3) is 1.48. The number of rotatable bonds is 1. The Labute approximate surface area is 70.9 Å². The van der Waals surface area contributed by atoms with E-state index in [1.807, 2.05) is 0 Å². The molecule has 0 amide bonds. The Morgan fingerprint density at radius 3 is 3.00 bits per heavy atom. The molecule has 0 radical (unpaired) electrons. The maximum absolute atomic E-state index is 5.55. The van der Waals surface area contributed by atoms with Gasteiger partial charge in [-0.3, -0.25) is 0 Å². The van der Waals surface area contributed by atoms with Crippen LogP contribution in [0.25, 0.3) is 0 Å². The fraction of sp³-hybridized carbons (Fsp3) is 0.750. The second-order valence-electron chi connectivity index (χ2n) is 3.29. The molecule has 2 heterocycles. The predicted octanol–water partition coefficient (Wildman–Crippen LogP) is 1.56. The summed E-state index contributed by atoms with van der Waals surface area (Å²) in [6.45, 7) is 2.99. The fourth-order valence-corrected chi connectivity index (χ4v) is 1.41. The molecule has 1 aliphatic heterocycles. The van der Waals surface area contributed by atoms with Crippen LogP contribution in [0.1, 0.15) is 31.7 Å². The Balaban J connectivity index is 1.99. The lowest BCUT2D eigenvalue weighted by molar-refractivity contribution is -0.0181. The minimum atomic E-state index is 0.0555. The van der Waals surface area contributed by atoms with Crippen LogP contribution in [0.15, 0.2) is 10.9 Å². The van der Waals surface area contributed by atoms with E-state index in [4.69, 9.17) is 4.74 Å². The topological polar surface area (TPSA) is 48.2 Å². The van der Waals surface area contributed by atoms with Gasteiger partial charge in [0.25, 0.3) is 0 Å². The van der Waals surface area contributed by atoms with E-state index >= 15 is 0 Å². The van der Waals surface area contributed by atoms with Gasteiger partial charge in [-0.05, 0) is 18.8 Å². The lowest BCUT2D eigenvalue weighted by Crippen LogP contribution is -2.19. The Morgan fingerprint density at radius 2 is 2.42 bits per heavy atom. The second-order valence-corrected chi connectivity index (χ2v) is 3.29. The zero-order valence-electron chi connectivity index (χ0n) is 7.06. The number of ether oxygens (including phenoxy) is 1. The quantitative estimate of drug-likeness (QED) is 0.638. The largest absolute Gasteiger partial charge is 0.370 e. The molecule has 1 saturated heterocycles. The highest BCUT2D eigenvalue weighted by atomic mass is 16.5. The molecule has 0 aromatic carbocycles. The van der Waals surface area contributed by atoms with E-state index in [1.54, 1.807) is 0 Å². The number of hydrogen-bond donors (Lipinski definition) is 0. The van der Waals surface area contributed by atoms with Crippen molar-refractivity contribution in [2.75, 3.05) is 6.61 Å². The maximum Gasteiger partial charge on any atom is 0.213 e. The van der Waals surface area contributed by atoms with Crippen LogP contribution in [0, 0.1) is 5.92 Å². The van der Waals surface area contributed by atoms with Gasteiger partial charge in [0.2, 0.25) is 6.39 Å². The van der Waals surface area contributed by atoms with Crippen molar-refractivity contribution in [1.29, 1.82) is 0 Å². The molecule has 1 aromatic rings. The monoisotopic (exact) mass is 168 g/mol. The van der Waals surface area contributed by atoms with Crippen LogP contribution >= 0.6 is 0 Å². The van der Waals surface area contributed by atoms with Gasteiger partial charge >= 0.3 is 0 Å². The highest BCUT2D eigenvalue weighted by molar-refractivity contribution is 4.87. The molecular weight excluding hydrogens is 156 g/mol. The molecule has 1 fully saturated rings. The summed E-state index contributed by atoms with van der Waals surface area (Å²) in [4.78, 5) is 3.96. The van der Waals surface area contributed by atoms with E-state index < -0.39 is 0 Å². The first-order valence-electron chi connectivity index (χ1n) is 4.24. The number of hydrogen-bond acceptors (Lipinski definition) is 4. The van der Waals surface area contributed by atoms with Gasteiger partial charge in [0.1, 0.15) is 6.10 Å². The van der Waals surface area contributed by atoms with Crippen LogP contribution in [-0.2, 0) is 4.74 Å². The zero-order chi connectivity index (χ0) is 8.39. The first-order chi connectivity index (χ1) is 5.86. The Kier molecular flexibility index (Phi) is 2.08. The summed E-state index contributed by atoms with van der Waals surface area (Å²) >= 11 is 0. The van der Waals surface area contributed by atoms with Gasteiger partial charge in [-0.15, -0.1) is 0 Å². The molecule has 2 unspecified atom stereocenters. The summed E-state index contributed by atoms with van der Waals surface area (Å²) in [5.74, 6) is 1.34. The van der Waals surface area contributed by atoms with Crippen LogP contribution in [0.5, 0.6) is 0 Å². The minimum absolute atomic E-state index is 0.0555. The normalized spacial score (nSPS) is 30.4. The summed E-state index contributed by atoms with van der Waals surface area (Å²) in [6.07, 6.45) is 3.58. The molecular formula is C8H12N2O2. The highest BCUT2D eigenvalue weighted by Gasteiger charge is 2.23. The van der Waals surface area contributed by atoms with Crippen LogP contribution in [-0.4, -0.2) is 16.7 Å². The standard InChI is InChI=1S/C8H12N2O2/c1-6-2-3-7(11-4-6)8-9-5-12-10-8/h5-7H,2-4H2,1H3. The lowest BCUT2D eigenvalue weighted by atomic mass is 10.0. The molecule has 66 valence electrons. The summed E-state index contributed by atoms with van der Waals surface area (Å²) in [6, 6.07) is 0. The number of aromatic nitrogens is 2. The van der Waals surface area contributed by atoms with Crippen LogP contribution in [0.3, 0.4) is 0 Å². The summed E-state index contributed by atoms with van der Waals surface area (Å²) in [7, 11) is 0. The van der Waals surface area contributed by atoms with Crippen molar-refractivity contribution in [3.63, 3.8) is 0 Å². The Bertz CT molecular complexity index is 227. The third-order valence-electron chi connectivity index (χ3n) is 2.17. The van der Waals surface area contributed by atoms with E-state index in [2.05, 4.69) is 21.6 Å². The summed E-state index contributed by atoms with van der Waals surface area (Å²) in [5.41, 5.74) is 0. The molecule has 0 saturated carbocycles. The SMILES string of the molecule is CC1CCC(c2ncon2)OC1. The minimum Gasteiger partial charge on any atom is -0.370 e. The molecule has 0 N–H and O–H groups in total. The molecule has 1 aromatic heterocycles. The van der Waals surface area contributed by atoms with E-state index in [0.29, 0.717) is 11.7 Å². The van der Waals surface area contributed by atoms with Gasteiger partial charge in [0.05, 0.1) is 6.61 Å². The first kappa shape index (κ1) is 7.73. The van der Waals surface area contributed by atoms with Crippen molar-refractivity contribution in [2.45, 2.75) is 25.9 Å². The van der Waals surface area contributed by atoms with E-state index in [9.17, 15) is 0 Å². The van der Waals surface area contributed by atoms with Crippen molar-refractivity contribution < 1.29 is 9.26 Å². The molecule has 0 spiro atoms. The van der Waals surface area contributed by atoms with Gasteiger partial charge < -0.3 is 9.26 Å². The van der Waals surface area contributed by atoms with Gasteiger partial charge in [0, 0.05) is 0 Å². The lowest BCUT2D eigenvalue weighted by Gasteiger charge is -2.24. The Morgan fingerprint density at radius 1 is 1.50 bits per heavy atom. The average Bonchev–Trinajstić information content (AvgIpc) is 2.58. The van der Waals surface area contributed by atoms with E-state index in [1.165, 1.54) is 12.8 Å². The zero-order valence-corrected chi connectivity index (χ0v) is 7.06. The smallest absolute Gasteiger partial charge is 0.213 e. The predicted molar refractivity (Wildman–Crippen MR) is 41.4 cm³/mol. The van der Waals surface area contributed by atoms with Gasteiger partial charge in [0.15, 0.2) is 5.82 Å².